The van der Waals surface area contributed by atoms with E-state index in [9.17, 15) is 9.90 Å². The van der Waals surface area contributed by atoms with Gasteiger partial charge in [-0.25, -0.2) is 0 Å². The van der Waals surface area contributed by atoms with Crippen LogP contribution in [0, 0.1) is 17.3 Å². The molecule has 1 heterocycles. The lowest BCUT2D eigenvalue weighted by Gasteiger charge is -2.36. The first-order valence-electron chi connectivity index (χ1n) is 6.67. The van der Waals surface area contributed by atoms with Crippen LogP contribution in [-0.4, -0.2) is 35.1 Å². The van der Waals surface area contributed by atoms with Crippen LogP contribution < -0.4 is 0 Å². The first kappa shape index (κ1) is 14.5. The third-order valence-corrected chi connectivity index (χ3v) is 4.17. The predicted molar refractivity (Wildman–Crippen MR) is 69.6 cm³/mol. The molecule has 0 spiro atoms. The lowest BCUT2D eigenvalue weighted by atomic mass is 9.80. The smallest absolute Gasteiger partial charge is 0.222 e. The van der Waals surface area contributed by atoms with E-state index in [2.05, 4.69) is 27.7 Å². The SMILES string of the molecule is CC1CN(C(=O)CC(C)C(C)(C)C)CCC1O. The molecule has 0 aromatic heterocycles. The van der Waals surface area contributed by atoms with Gasteiger partial charge in [0.15, 0.2) is 0 Å². The number of likely N-dealkylation sites (tertiary alicyclic amines) is 1. The minimum Gasteiger partial charge on any atom is -0.393 e. The summed E-state index contributed by atoms with van der Waals surface area (Å²) >= 11 is 0. The van der Waals surface area contributed by atoms with Crippen molar-refractivity contribution in [1.29, 1.82) is 0 Å². The largest absolute Gasteiger partial charge is 0.393 e. The van der Waals surface area contributed by atoms with Crippen LogP contribution in [0.25, 0.3) is 0 Å². The van der Waals surface area contributed by atoms with Gasteiger partial charge in [0.1, 0.15) is 0 Å². The molecule has 3 heteroatoms. The normalized spacial score (nSPS) is 28.0. The number of amides is 1. The van der Waals surface area contributed by atoms with Crippen molar-refractivity contribution >= 4 is 5.91 Å². The van der Waals surface area contributed by atoms with Crippen LogP contribution in [0.3, 0.4) is 0 Å². The lowest BCUT2D eigenvalue weighted by molar-refractivity contribution is -0.136. The number of nitrogens with zero attached hydrogens (tertiary/aromatic N) is 1. The van der Waals surface area contributed by atoms with Crippen LogP contribution >= 0.6 is 0 Å². The maximum atomic E-state index is 12.2. The van der Waals surface area contributed by atoms with Crippen LogP contribution in [-0.2, 0) is 4.79 Å². The summed E-state index contributed by atoms with van der Waals surface area (Å²) in [5.41, 5.74) is 0.177. The van der Waals surface area contributed by atoms with Crippen molar-refractivity contribution in [3.63, 3.8) is 0 Å². The molecule has 0 aliphatic carbocycles. The first-order chi connectivity index (χ1) is 7.71. The highest BCUT2D eigenvalue weighted by molar-refractivity contribution is 5.76. The molecule has 1 aliphatic rings. The number of rotatable bonds is 2. The molecule has 3 unspecified atom stereocenters. The van der Waals surface area contributed by atoms with Crippen molar-refractivity contribution in [2.45, 2.75) is 53.6 Å². The molecule has 1 fully saturated rings. The van der Waals surface area contributed by atoms with Gasteiger partial charge < -0.3 is 10.0 Å². The fourth-order valence-corrected chi connectivity index (χ4v) is 2.06. The Morgan fingerprint density at radius 2 is 2.06 bits per heavy atom. The maximum absolute atomic E-state index is 12.2. The van der Waals surface area contributed by atoms with Gasteiger partial charge in [0.25, 0.3) is 0 Å². The number of aliphatic hydroxyl groups is 1. The Hall–Kier alpha value is -0.570. The van der Waals surface area contributed by atoms with Gasteiger partial charge in [-0.3, -0.25) is 4.79 Å². The van der Waals surface area contributed by atoms with E-state index in [4.69, 9.17) is 0 Å². The molecule has 17 heavy (non-hydrogen) atoms. The Bertz CT molecular complexity index is 270. The fourth-order valence-electron chi connectivity index (χ4n) is 2.06. The summed E-state index contributed by atoms with van der Waals surface area (Å²) in [6.07, 6.45) is 1.10. The molecule has 0 saturated carbocycles. The van der Waals surface area contributed by atoms with E-state index >= 15 is 0 Å². The molecule has 1 N–H and O–H groups in total. The van der Waals surface area contributed by atoms with Crippen molar-refractivity contribution in [2.24, 2.45) is 17.3 Å². The second-order valence-corrected chi connectivity index (χ2v) is 6.64. The molecule has 1 amide bonds. The average Bonchev–Trinajstić information content (AvgIpc) is 2.20. The Morgan fingerprint density at radius 1 is 1.47 bits per heavy atom. The van der Waals surface area contributed by atoms with Gasteiger partial charge >= 0.3 is 0 Å². The molecule has 100 valence electrons. The van der Waals surface area contributed by atoms with Crippen LogP contribution in [0.2, 0.25) is 0 Å². The van der Waals surface area contributed by atoms with Gasteiger partial charge in [0.2, 0.25) is 5.91 Å². The summed E-state index contributed by atoms with van der Waals surface area (Å²) in [6.45, 7) is 12.1. The van der Waals surface area contributed by atoms with Gasteiger partial charge in [-0.05, 0) is 23.7 Å². The highest BCUT2D eigenvalue weighted by atomic mass is 16.3. The van der Waals surface area contributed by atoms with Gasteiger partial charge in [-0.1, -0.05) is 34.6 Å². The lowest BCUT2D eigenvalue weighted by Crippen LogP contribution is -2.45. The van der Waals surface area contributed by atoms with E-state index < -0.39 is 0 Å². The van der Waals surface area contributed by atoms with Gasteiger partial charge in [-0.2, -0.15) is 0 Å². The Kier molecular flexibility index (Phi) is 4.59. The number of carbonyl (C=O) groups excluding carboxylic acids is 1. The molecule has 0 radical (unpaired) electrons. The molecule has 0 aromatic carbocycles. The predicted octanol–water partition coefficient (Wildman–Crippen LogP) is 2.29. The molecule has 3 atom stereocenters. The topological polar surface area (TPSA) is 40.5 Å². The minimum absolute atomic E-state index is 0.177. The van der Waals surface area contributed by atoms with E-state index in [1.807, 2.05) is 11.8 Å². The molecule has 0 bridgehead atoms. The van der Waals surface area contributed by atoms with E-state index in [1.54, 1.807) is 0 Å². The number of carbonyl (C=O) groups is 1. The first-order valence-corrected chi connectivity index (χ1v) is 6.67. The van der Waals surface area contributed by atoms with Crippen LogP contribution in [0.1, 0.15) is 47.5 Å². The third kappa shape index (κ3) is 3.98. The zero-order valence-electron chi connectivity index (χ0n) is 11.9. The van der Waals surface area contributed by atoms with Crippen molar-refractivity contribution in [1.82, 2.24) is 4.90 Å². The van der Waals surface area contributed by atoms with Crippen molar-refractivity contribution in [3.8, 4) is 0 Å². The quantitative estimate of drug-likeness (QED) is 0.806. The maximum Gasteiger partial charge on any atom is 0.222 e. The summed E-state index contributed by atoms with van der Waals surface area (Å²) in [6, 6.07) is 0. The number of aliphatic hydroxyl groups excluding tert-OH is 1. The third-order valence-electron chi connectivity index (χ3n) is 4.17. The van der Waals surface area contributed by atoms with Crippen molar-refractivity contribution in [2.75, 3.05) is 13.1 Å². The zero-order chi connectivity index (χ0) is 13.2. The Balaban J connectivity index is 2.49. The summed E-state index contributed by atoms with van der Waals surface area (Å²) in [5.74, 6) is 0.834. The zero-order valence-corrected chi connectivity index (χ0v) is 11.9. The van der Waals surface area contributed by atoms with Crippen LogP contribution in [0.4, 0.5) is 0 Å². The molecule has 3 nitrogen and oxygen atoms in total. The van der Waals surface area contributed by atoms with Gasteiger partial charge in [0.05, 0.1) is 6.10 Å². The second kappa shape index (κ2) is 5.38. The number of hydrogen-bond donors (Lipinski definition) is 1. The molecule has 1 rings (SSSR count). The van der Waals surface area contributed by atoms with E-state index in [0.717, 1.165) is 6.42 Å². The Morgan fingerprint density at radius 3 is 2.53 bits per heavy atom. The number of hydrogen-bond acceptors (Lipinski definition) is 2. The molecule has 1 aliphatic heterocycles. The van der Waals surface area contributed by atoms with Gasteiger partial charge in [-0.15, -0.1) is 0 Å². The molecular formula is C14H27NO2. The number of piperidine rings is 1. The fraction of sp³-hybridized carbons (Fsp3) is 0.929. The monoisotopic (exact) mass is 241 g/mol. The summed E-state index contributed by atoms with van der Waals surface area (Å²) in [4.78, 5) is 14.1. The standard InChI is InChI=1S/C14H27NO2/c1-10-9-15(7-6-12(10)16)13(17)8-11(2)14(3,4)5/h10-12,16H,6-9H2,1-5H3. The molecular weight excluding hydrogens is 214 g/mol. The molecule has 0 aromatic rings. The van der Waals surface area contributed by atoms with Crippen molar-refractivity contribution in [3.05, 3.63) is 0 Å². The Labute approximate surface area is 105 Å². The highest BCUT2D eigenvalue weighted by Crippen LogP contribution is 2.29. The summed E-state index contributed by atoms with van der Waals surface area (Å²) in [7, 11) is 0. The van der Waals surface area contributed by atoms with E-state index in [0.29, 0.717) is 25.4 Å². The van der Waals surface area contributed by atoms with Crippen molar-refractivity contribution < 1.29 is 9.90 Å². The summed E-state index contributed by atoms with van der Waals surface area (Å²) in [5, 5.41) is 9.65. The van der Waals surface area contributed by atoms with Crippen LogP contribution in [0.15, 0.2) is 0 Å². The molecule has 1 saturated heterocycles. The highest BCUT2D eigenvalue weighted by Gasteiger charge is 2.29. The van der Waals surface area contributed by atoms with E-state index in [1.165, 1.54) is 0 Å². The van der Waals surface area contributed by atoms with Crippen LogP contribution in [0.5, 0.6) is 0 Å². The summed E-state index contributed by atoms with van der Waals surface area (Å²) < 4.78 is 0. The second-order valence-electron chi connectivity index (χ2n) is 6.64. The van der Waals surface area contributed by atoms with E-state index in [-0.39, 0.29) is 23.3 Å². The minimum atomic E-state index is -0.237. The average molecular weight is 241 g/mol. The van der Waals surface area contributed by atoms with Gasteiger partial charge in [0, 0.05) is 19.5 Å².